The summed E-state index contributed by atoms with van der Waals surface area (Å²) in [6.45, 7) is 0.274. The highest BCUT2D eigenvalue weighted by molar-refractivity contribution is 9.10. The molecule has 0 saturated heterocycles. The summed E-state index contributed by atoms with van der Waals surface area (Å²) in [5.41, 5.74) is 1.32. The lowest BCUT2D eigenvalue weighted by Crippen LogP contribution is -2.12. The molecule has 1 unspecified atom stereocenters. The Bertz CT molecular complexity index is 621. The van der Waals surface area contributed by atoms with Crippen LogP contribution in [0, 0.1) is 0 Å². The number of anilines is 1. The molecule has 2 nitrogen and oxygen atoms in total. The quantitative estimate of drug-likeness (QED) is 0.711. The summed E-state index contributed by atoms with van der Waals surface area (Å²) in [6, 6.07) is 10.4. The van der Waals surface area contributed by atoms with Crippen LogP contribution in [0.3, 0.4) is 0 Å². The third kappa shape index (κ3) is 4.03. The van der Waals surface area contributed by atoms with E-state index in [0.717, 1.165) is 10.2 Å². The van der Waals surface area contributed by atoms with Crippen LogP contribution in [0.15, 0.2) is 40.9 Å². The van der Waals surface area contributed by atoms with Gasteiger partial charge in [-0.2, -0.15) is 0 Å². The van der Waals surface area contributed by atoms with E-state index in [-0.39, 0.29) is 6.54 Å². The van der Waals surface area contributed by atoms with E-state index in [2.05, 4.69) is 21.2 Å². The predicted octanol–water partition coefficient (Wildman–Crippen LogP) is 5.55. The van der Waals surface area contributed by atoms with E-state index in [1.54, 1.807) is 24.3 Å². The zero-order valence-corrected chi connectivity index (χ0v) is 14.1. The number of aliphatic hydroxyl groups is 1. The Morgan fingerprint density at radius 1 is 1.05 bits per heavy atom. The summed E-state index contributed by atoms with van der Waals surface area (Å²) in [4.78, 5) is 0. The number of aliphatic hydroxyl groups excluding tert-OH is 1. The van der Waals surface area contributed by atoms with Crippen LogP contribution in [-0.2, 0) is 0 Å². The van der Waals surface area contributed by atoms with Gasteiger partial charge in [-0.05, 0) is 36.4 Å². The molecule has 0 saturated carbocycles. The molecule has 1 atom stereocenters. The molecule has 20 heavy (non-hydrogen) atoms. The Balaban J connectivity index is 2.10. The lowest BCUT2D eigenvalue weighted by molar-refractivity contribution is 0.192. The van der Waals surface area contributed by atoms with Crippen molar-refractivity contribution in [2.24, 2.45) is 0 Å². The summed E-state index contributed by atoms with van der Waals surface area (Å²) in [7, 11) is 0. The number of rotatable bonds is 4. The fourth-order valence-electron chi connectivity index (χ4n) is 1.72. The molecular formula is C14H11BrCl3NO. The van der Waals surface area contributed by atoms with Crippen molar-refractivity contribution in [2.45, 2.75) is 6.10 Å². The molecule has 2 rings (SSSR count). The molecule has 0 heterocycles. The van der Waals surface area contributed by atoms with Crippen LogP contribution in [0.4, 0.5) is 5.69 Å². The maximum atomic E-state index is 10.2. The standard InChI is InChI=1S/C14H11BrCl3NO/c15-8-1-3-12(18)13(5-8)19-7-14(20)10-6-9(16)2-4-11(10)17/h1-6,14,19-20H,7H2. The van der Waals surface area contributed by atoms with Crippen molar-refractivity contribution in [1.82, 2.24) is 0 Å². The molecule has 0 spiro atoms. The molecule has 0 radical (unpaired) electrons. The maximum Gasteiger partial charge on any atom is 0.0977 e. The third-order valence-electron chi connectivity index (χ3n) is 2.73. The van der Waals surface area contributed by atoms with Crippen molar-refractivity contribution in [2.75, 3.05) is 11.9 Å². The molecule has 0 fully saturated rings. The molecule has 106 valence electrons. The van der Waals surface area contributed by atoms with Gasteiger partial charge in [0, 0.05) is 26.6 Å². The van der Waals surface area contributed by atoms with E-state index in [1.165, 1.54) is 0 Å². The van der Waals surface area contributed by atoms with Gasteiger partial charge in [-0.1, -0.05) is 50.7 Å². The molecule has 0 aliphatic heterocycles. The van der Waals surface area contributed by atoms with E-state index < -0.39 is 6.10 Å². The first-order valence-electron chi connectivity index (χ1n) is 5.79. The second kappa shape index (κ2) is 7.01. The molecule has 0 aromatic heterocycles. The van der Waals surface area contributed by atoms with Crippen molar-refractivity contribution < 1.29 is 5.11 Å². The fraction of sp³-hybridized carbons (Fsp3) is 0.143. The first-order valence-corrected chi connectivity index (χ1v) is 7.72. The van der Waals surface area contributed by atoms with Gasteiger partial charge in [-0.3, -0.25) is 0 Å². The topological polar surface area (TPSA) is 32.3 Å². The molecule has 0 aliphatic rings. The average molecular weight is 396 g/mol. The lowest BCUT2D eigenvalue weighted by Gasteiger charge is -2.15. The molecule has 2 aromatic rings. The molecule has 0 amide bonds. The second-order valence-electron chi connectivity index (χ2n) is 4.19. The Kier molecular flexibility index (Phi) is 5.58. The zero-order chi connectivity index (χ0) is 14.7. The van der Waals surface area contributed by atoms with Crippen LogP contribution in [0.1, 0.15) is 11.7 Å². The SMILES string of the molecule is OC(CNc1cc(Br)ccc1Cl)c1cc(Cl)ccc1Cl. The monoisotopic (exact) mass is 393 g/mol. The van der Waals surface area contributed by atoms with Gasteiger partial charge < -0.3 is 10.4 Å². The molecule has 2 N–H and O–H groups in total. The van der Waals surface area contributed by atoms with Crippen molar-refractivity contribution in [3.63, 3.8) is 0 Å². The van der Waals surface area contributed by atoms with Gasteiger partial charge in [0.2, 0.25) is 0 Å². The van der Waals surface area contributed by atoms with Crippen molar-refractivity contribution >= 4 is 56.4 Å². The molecule has 0 bridgehead atoms. The number of benzene rings is 2. The van der Waals surface area contributed by atoms with Crippen molar-refractivity contribution in [1.29, 1.82) is 0 Å². The Morgan fingerprint density at radius 3 is 2.50 bits per heavy atom. The highest BCUT2D eigenvalue weighted by atomic mass is 79.9. The minimum atomic E-state index is -0.781. The number of nitrogens with one attached hydrogen (secondary N) is 1. The summed E-state index contributed by atoms with van der Waals surface area (Å²) in [5.74, 6) is 0. The summed E-state index contributed by atoms with van der Waals surface area (Å²) in [6.07, 6.45) is -0.781. The minimum absolute atomic E-state index is 0.274. The molecule has 0 aliphatic carbocycles. The van der Waals surface area contributed by atoms with Crippen LogP contribution in [0.5, 0.6) is 0 Å². The predicted molar refractivity (Wildman–Crippen MR) is 89.1 cm³/mol. The Morgan fingerprint density at radius 2 is 1.75 bits per heavy atom. The van der Waals surface area contributed by atoms with Crippen LogP contribution in [0.2, 0.25) is 15.1 Å². The van der Waals surface area contributed by atoms with E-state index in [0.29, 0.717) is 20.6 Å². The van der Waals surface area contributed by atoms with E-state index in [4.69, 9.17) is 34.8 Å². The van der Waals surface area contributed by atoms with Gasteiger partial charge in [0.05, 0.1) is 16.8 Å². The summed E-state index contributed by atoms with van der Waals surface area (Å²) < 4.78 is 0.902. The smallest absolute Gasteiger partial charge is 0.0977 e. The van der Waals surface area contributed by atoms with Crippen LogP contribution < -0.4 is 5.32 Å². The third-order valence-corrected chi connectivity index (χ3v) is 4.13. The van der Waals surface area contributed by atoms with Crippen LogP contribution in [0.25, 0.3) is 0 Å². The largest absolute Gasteiger partial charge is 0.387 e. The van der Waals surface area contributed by atoms with Crippen molar-refractivity contribution in [3.8, 4) is 0 Å². The number of halogens is 4. The maximum absolute atomic E-state index is 10.2. The molecule has 2 aromatic carbocycles. The Hall–Kier alpha value is -0.450. The first kappa shape index (κ1) is 15.9. The Labute approximate surface area is 140 Å². The van der Waals surface area contributed by atoms with Gasteiger partial charge in [-0.25, -0.2) is 0 Å². The van der Waals surface area contributed by atoms with Crippen LogP contribution >= 0.6 is 50.7 Å². The molecular weight excluding hydrogens is 384 g/mol. The number of hydrogen-bond acceptors (Lipinski definition) is 2. The van der Waals surface area contributed by atoms with E-state index in [1.807, 2.05) is 12.1 Å². The van der Waals surface area contributed by atoms with Crippen LogP contribution in [-0.4, -0.2) is 11.7 Å². The second-order valence-corrected chi connectivity index (χ2v) is 6.35. The van der Waals surface area contributed by atoms with E-state index in [9.17, 15) is 5.11 Å². The first-order chi connectivity index (χ1) is 9.47. The minimum Gasteiger partial charge on any atom is -0.387 e. The highest BCUT2D eigenvalue weighted by Gasteiger charge is 2.13. The zero-order valence-electron chi connectivity index (χ0n) is 10.2. The van der Waals surface area contributed by atoms with E-state index >= 15 is 0 Å². The van der Waals surface area contributed by atoms with Crippen molar-refractivity contribution in [3.05, 3.63) is 61.5 Å². The summed E-state index contributed by atoms with van der Waals surface area (Å²) in [5, 5.41) is 14.9. The fourth-order valence-corrected chi connectivity index (χ4v) is 2.69. The van der Waals surface area contributed by atoms with Gasteiger partial charge in [0.15, 0.2) is 0 Å². The molecule has 6 heteroatoms. The summed E-state index contributed by atoms with van der Waals surface area (Å²) >= 11 is 21.4. The average Bonchev–Trinajstić information content (AvgIpc) is 2.42. The van der Waals surface area contributed by atoms with Gasteiger partial charge in [0.1, 0.15) is 0 Å². The normalized spacial score (nSPS) is 12.2. The number of hydrogen-bond donors (Lipinski definition) is 2. The highest BCUT2D eigenvalue weighted by Crippen LogP contribution is 2.29. The van der Waals surface area contributed by atoms with Gasteiger partial charge in [0.25, 0.3) is 0 Å². The van der Waals surface area contributed by atoms with Gasteiger partial charge >= 0.3 is 0 Å². The lowest BCUT2D eigenvalue weighted by atomic mass is 10.1. The van der Waals surface area contributed by atoms with Gasteiger partial charge in [-0.15, -0.1) is 0 Å².